The van der Waals surface area contributed by atoms with E-state index in [-0.39, 0.29) is 5.91 Å². The summed E-state index contributed by atoms with van der Waals surface area (Å²) < 4.78 is 1.09. The minimum atomic E-state index is 0.163. The number of benzene rings is 1. The topological polar surface area (TPSA) is 41.1 Å². The average molecular weight is 297 g/mol. The maximum Gasteiger partial charge on any atom is 0.221 e. The highest BCUT2D eigenvalue weighted by Gasteiger charge is 2.22. The summed E-state index contributed by atoms with van der Waals surface area (Å²) in [5.74, 6) is 0.163. The van der Waals surface area contributed by atoms with Crippen LogP contribution in [0.1, 0.15) is 24.8 Å². The minimum Gasteiger partial charge on any atom is -0.353 e. The van der Waals surface area contributed by atoms with Crippen LogP contribution in [0.2, 0.25) is 0 Å². The second-order valence-corrected chi connectivity index (χ2v) is 5.31. The molecule has 1 aliphatic rings. The van der Waals surface area contributed by atoms with Crippen LogP contribution in [-0.4, -0.2) is 18.5 Å². The Balaban J connectivity index is 1.59. The third kappa shape index (κ3) is 4.88. The highest BCUT2D eigenvalue weighted by atomic mass is 79.9. The normalized spacial score (nSPS) is 14.6. The Hall–Kier alpha value is -0.870. The molecular formula is C13H17BrN2O. The van der Waals surface area contributed by atoms with Crippen molar-refractivity contribution in [1.82, 2.24) is 10.6 Å². The molecule has 17 heavy (non-hydrogen) atoms. The zero-order valence-electron chi connectivity index (χ0n) is 9.71. The molecule has 1 aromatic carbocycles. The van der Waals surface area contributed by atoms with Gasteiger partial charge in [0.2, 0.25) is 5.91 Å². The second kappa shape index (κ2) is 6.17. The fourth-order valence-electron chi connectivity index (χ4n) is 1.56. The smallest absolute Gasteiger partial charge is 0.221 e. The Morgan fingerprint density at radius 1 is 1.29 bits per heavy atom. The quantitative estimate of drug-likeness (QED) is 0.790. The molecule has 92 valence electrons. The predicted octanol–water partition coefficient (Wildman–Crippen LogP) is 2.21. The zero-order valence-corrected chi connectivity index (χ0v) is 11.3. The lowest BCUT2D eigenvalue weighted by molar-refractivity contribution is -0.121. The van der Waals surface area contributed by atoms with E-state index in [4.69, 9.17) is 0 Å². The fraction of sp³-hybridized carbons (Fsp3) is 0.462. The van der Waals surface area contributed by atoms with Gasteiger partial charge in [0.15, 0.2) is 0 Å². The van der Waals surface area contributed by atoms with Crippen LogP contribution in [0.3, 0.4) is 0 Å². The number of carbonyl (C=O) groups is 1. The van der Waals surface area contributed by atoms with Gasteiger partial charge in [0, 0.05) is 30.0 Å². The van der Waals surface area contributed by atoms with Gasteiger partial charge >= 0.3 is 0 Å². The first kappa shape index (κ1) is 12.6. The minimum absolute atomic E-state index is 0.163. The maximum absolute atomic E-state index is 11.4. The Morgan fingerprint density at radius 2 is 2.00 bits per heavy atom. The molecule has 0 heterocycles. The van der Waals surface area contributed by atoms with Gasteiger partial charge in [-0.2, -0.15) is 0 Å². The van der Waals surface area contributed by atoms with Crippen LogP contribution in [0.15, 0.2) is 28.7 Å². The first-order chi connectivity index (χ1) is 8.24. The Bertz CT molecular complexity index is 374. The number of nitrogens with one attached hydrogen (secondary N) is 2. The van der Waals surface area contributed by atoms with Gasteiger partial charge in [-0.25, -0.2) is 0 Å². The van der Waals surface area contributed by atoms with Crippen molar-refractivity contribution in [2.45, 2.75) is 31.8 Å². The van der Waals surface area contributed by atoms with Gasteiger partial charge in [-0.1, -0.05) is 28.1 Å². The van der Waals surface area contributed by atoms with Gasteiger partial charge in [-0.3, -0.25) is 4.79 Å². The molecule has 0 unspecified atom stereocenters. The molecule has 2 rings (SSSR count). The molecule has 3 nitrogen and oxygen atoms in total. The fourth-order valence-corrected chi connectivity index (χ4v) is 1.83. The van der Waals surface area contributed by atoms with Crippen LogP contribution in [0.25, 0.3) is 0 Å². The van der Waals surface area contributed by atoms with Crippen LogP contribution >= 0.6 is 15.9 Å². The molecule has 1 fully saturated rings. The molecule has 2 N–H and O–H groups in total. The lowest BCUT2D eigenvalue weighted by atomic mass is 10.2. The summed E-state index contributed by atoms with van der Waals surface area (Å²) in [6, 6.07) is 8.66. The molecule has 1 amide bonds. The largest absolute Gasteiger partial charge is 0.353 e. The first-order valence-corrected chi connectivity index (χ1v) is 6.78. The Kier molecular flexibility index (Phi) is 4.57. The van der Waals surface area contributed by atoms with E-state index < -0.39 is 0 Å². The number of rotatable bonds is 6. The molecule has 0 saturated heterocycles. The summed E-state index contributed by atoms with van der Waals surface area (Å²) in [5.41, 5.74) is 1.23. The summed E-state index contributed by atoms with van der Waals surface area (Å²) in [7, 11) is 0. The van der Waals surface area contributed by atoms with Crippen molar-refractivity contribution in [3.63, 3.8) is 0 Å². The third-order valence-electron chi connectivity index (χ3n) is 2.71. The number of carbonyl (C=O) groups excluding carboxylic acids is 1. The van der Waals surface area contributed by atoms with E-state index in [2.05, 4.69) is 38.7 Å². The van der Waals surface area contributed by atoms with E-state index in [1.165, 1.54) is 5.56 Å². The summed E-state index contributed by atoms with van der Waals surface area (Å²) in [5, 5.41) is 6.24. The zero-order chi connectivity index (χ0) is 12.1. The number of hydrogen-bond acceptors (Lipinski definition) is 2. The molecule has 1 aliphatic carbocycles. The van der Waals surface area contributed by atoms with Crippen LogP contribution < -0.4 is 10.6 Å². The van der Waals surface area contributed by atoms with Crippen molar-refractivity contribution in [2.24, 2.45) is 0 Å². The van der Waals surface area contributed by atoms with Crippen molar-refractivity contribution >= 4 is 21.8 Å². The van der Waals surface area contributed by atoms with Gasteiger partial charge in [-0.05, 0) is 30.5 Å². The van der Waals surface area contributed by atoms with Crippen molar-refractivity contribution < 1.29 is 4.79 Å². The maximum atomic E-state index is 11.4. The molecule has 0 atom stereocenters. The van der Waals surface area contributed by atoms with Crippen LogP contribution in [0.5, 0.6) is 0 Å². The van der Waals surface area contributed by atoms with E-state index >= 15 is 0 Å². The van der Waals surface area contributed by atoms with Crippen LogP contribution in [0.4, 0.5) is 0 Å². The van der Waals surface area contributed by atoms with Gasteiger partial charge in [-0.15, -0.1) is 0 Å². The summed E-state index contributed by atoms with van der Waals surface area (Å²) in [6.07, 6.45) is 2.86. The van der Waals surface area contributed by atoms with E-state index in [1.54, 1.807) is 0 Å². The molecule has 0 radical (unpaired) electrons. The van der Waals surface area contributed by atoms with Crippen molar-refractivity contribution in [3.8, 4) is 0 Å². The van der Waals surface area contributed by atoms with Crippen molar-refractivity contribution in [2.75, 3.05) is 6.54 Å². The Labute approximate surface area is 110 Å². The number of amides is 1. The molecule has 1 saturated carbocycles. The number of halogens is 1. The highest BCUT2D eigenvalue weighted by Crippen LogP contribution is 2.18. The van der Waals surface area contributed by atoms with Gasteiger partial charge in [0.1, 0.15) is 0 Å². The molecule has 0 spiro atoms. The standard InChI is InChI=1S/C13H17BrN2O/c14-11-3-1-10(2-4-11)9-15-8-7-13(17)16-12-5-6-12/h1-4,12,15H,5-9H2,(H,16,17). The van der Waals surface area contributed by atoms with Crippen LogP contribution in [0, 0.1) is 0 Å². The molecule has 0 aromatic heterocycles. The summed E-state index contributed by atoms with van der Waals surface area (Å²) in [6.45, 7) is 1.54. The van der Waals surface area contributed by atoms with E-state index in [9.17, 15) is 4.79 Å². The molecule has 1 aromatic rings. The lowest BCUT2D eigenvalue weighted by Gasteiger charge is -2.05. The monoisotopic (exact) mass is 296 g/mol. The van der Waals surface area contributed by atoms with Crippen molar-refractivity contribution in [3.05, 3.63) is 34.3 Å². The van der Waals surface area contributed by atoms with E-state index in [0.29, 0.717) is 12.5 Å². The van der Waals surface area contributed by atoms with Crippen molar-refractivity contribution in [1.29, 1.82) is 0 Å². The molecule has 0 aliphatic heterocycles. The average Bonchev–Trinajstić information content (AvgIpc) is 3.11. The highest BCUT2D eigenvalue weighted by molar-refractivity contribution is 9.10. The van der Waals surface area contributed by atoms with Gasteiger partial charge in [0.05, 0.1) is 0 Å². The van der Waals surface area contributed by atoms with Gasteiger partial charge < -0.3 is 10.6 Å². The van der Waals surface area contributed by atoms with E-state index in [0.717, 1.165) is 30.4 Å². The predicted molar refractivity (Wildman–Crippen MR) is 71.6 cm³/mol. The first-order valence-electron chi connectivity index (χ1n) is 5.98. The van der Waals surface area contributed by atoms with Gasteiger partial charge in [0.25, 0.3) is 0 Å². The van der Waals surface area contributed by atoms with Crippen LogP contribution in [-0.2, 0) is 11.3 Å². The Morgan fingerprint density at radius 3 is 2.65 bits per heavy atom. The lowest BCUT2D eigenvalue weighted by Crippen LogP contribution is -2.28. The summed E-state index contributed by atoms with van der Waals surface area (Å²) in [4.78, 5) is 11.4. The second-order valence-electron chi connectivity index (χ2n) is 4.40. The third-order valence-corrected chi connectivity index (χ3v) is 3.24. The molecular weight excluding hydrogens is 280 g/mol. The summed E-state index contributed by atoms with van der Waals surface area (Å²) >= 11 is 3.40. The van der Waals surface area contributed by atoms with E-state index in [1.807, 2.05) is 12.1 Å². The molecule has 4 heteroatoms. The molecule has 0 bridgehead atoms. The number of hydrogen-bond donors (Lipinski definition) is 2. The SMILES string of the molecule is O=C(CCNCc1ccc(Br)cc1)NC1CC1.